The summed E-state index contributed by atoms with van der Waals surface area (Å²) < 4.78 is 60.1. The normalized spacial score (nSPS) is 14.8. The van der Waals surface area contributed by atoms with Crippen molar-refractivity contribution in [2.24, 2.45) is 0 Å². The number of alkyl halides is 3. The van der Waals surface area contributed by atoms with E-state index in [4.69, 9.17) is 32.7 Å². The second-order valence-electron chi connectivity index (χ2n) is 11.0. The van der Waals surface area contributed by atoms with Gasteiger partial charge in [0.25, 0.3) is 22.9 Å². The molecule has 10 nitrogen and oxygen atoms in total. The number of hydrogen-bond donors (Lipinski definition) is 0. The summed E-state index contributed by atoms with van der Waals surface area (Å²) in [6, 6.07) is 9.75. The summed E-state index contributed by atoms with van der Waals surface area (Å²) >= 11 is 12.3. The summed E-state index contributed by atoms with van der Waals surface area (Å²) in [5, 5.41) is 4.92. The molecule has 0 radical (unpaired) electrons. The molecule has 266 valence electrons. The third kappa shape index (κ3) is 9.25. The first-order valence-electron chi connectivity index (χ1n) is 15.2. The number of rotatable bonds is 9. The molecule has 0 spiro atoms. The number of amides is 3. The molecule has 1 aliphatic heterocycles. The minimum atomic E-state index is -4.61. The average Bonchev–Trinajstić information content (AvgIpc) is 3.65. The Hall–Kier alpha value is -4.34. The molecule has 1 aliphatic carbocycles. The number of ether oxygens (including phenoxy) is 2. The molecule has 0 atom stereocenters. The van der Waals surface area contributed by atoms with Crippen LogP contribution in [0.1, 0.15) is 57.0 Å². The Morgan fingerprint density at radius 2 is 1.66 bits per heavy atom. The molecule has 0 fully saturated rings. The lowest BCUT2D eigenvalue weighted by atomic mass is 9.93. The lowest BCUT2D eigenvalue weighted by molar-refractivity contribution is -0.138. The molecule has 5 rings (SSSR count). The van der Waals surface area contributed by atoms with Crippen molar-refractivity contribution < 1.29 is 46.2 Å². The largest absolute Gasteiger partial charge is 0.462 e. The summed E-state index contributed by atoms with van der Waals surface area (Å²) in [6.07, 6.45) is -0.160. The van der Waals surface area contributed by atoms with E-state index in [1.165, 1.54) is 40.1 Å². The lowest BCUT2D eigenvalue weighted by Crippen LogP contribution is -2.40. The molecule has 2 heterocycles. The first kappa shape index (κ1) is 38.5. The zero-order valence-electron chi connectivity index (χ0n) is 26.9. The summed E-state index contributed by atoms with van der Waals surface area (Å²) in [6.45, 7) is 4.85. The van der Waals surface area contributed by atoms with Crippen LogP contribution in [-0.4, -0.2) is 53.1 Å². The van der Waals surface area contributed by atoms with Crippen LogP contribution in [0.25, 0.3) is 6.08 Å². The molecule has 3 amide bonds. The molecule has 0 bridgehead atoms. The topological polar surface area (TPSA) is 119 Å². The smallest absolute Gasteiger partial charge is 0.445 e. The van der Waals surface area contributed by atoms with Gasteiger partial charge in [0.05, 0.1) is 12.3 Å². The van der Waals surface area contributed by atoms with Crippen LogP contribution in [-0.2, 0) is 30.1 Å². The number of hydrogen-bond acceptors (Lipinski definition) is 9. The van der Waals surface area contributed by atoms with Crippen LogP contribution < -0.4 is 14.5 Å². The van der Waals surface area contributed by atoms with Gasteiger partial charge in [-0.25, -0.2) is 14.1 Å². The zero-order chi connectivity index (χ0) is 36.7. The Morgan fingerprint density at radius 1 is 1.04 bits per heavy atom. The molecule has 0 saturated heterocycles. The van der Waals surface area contributed by atoms with Gasteiger partial charge in [0.2, 0.25) is 5.01 Å². The van der Waals surface area contributed by atoms with E-state index in [-0.39, 0.29) is 46.0 Å². The van der Waals surface area contributed by atoms with Crippen molar-refractivity contribution in [1.29, 1.82) is 0 Å². The van der Waals surface area contributed by atoms with Gasteiger partial charge in [-0.2, -0.15) is 13.2 Å². The van der Waals surface area contributed by atoms with Crippen LogP contribution in [0, 0.1) is 5.82 Å². The number of halogens is 6. The Kier molecular flexibility index (Phi) is 12.8. The van der Waals surface area contributed by atoms with Crippen molar-refractivity contribution in [3.8, 4) is 5.19 Å². The summed E-state index contributed by atoms with van der Waals surface area (Å²) in [5.41, 5.74) is 2.50. The lowest BCUT2D eigenvalue weighted by Gasteiger charge is -2.26. The van der Waals surface area contributed by atoms with Crippen LogP contribution in [0.5, 0.6) is 5.19 Å². The molecule has 2 aliphatic rings. The van der Waals surface area contributed by atoms with Crippen molar-refractivity contribution >= 4 is 75.7 Å². The van der Waals surface area contributed by atoms with E-state index >= 15 is 0 Å². The van der Waals surface area contributed by atoms with Crippen LogP contribution in [0.3, 0.4) is 0 Å². The fourth-order valence-electron chi connectivity index (χ4n) is 5.06. The van der Waals surface area contributed by atoms with Crippen LogP contribution in [0.2, 0.25) is 5.02 Å². The number of esters is 1. The maximum Gasteiger partial charge on any atom is 0.445 e. The fourth-order valence-corrected chi connectivity index (χ4v) is 5.96. The fraction of sp³-hybridized carbons (Fsp3) is 0.333. The van der Waals surface area contributed by atoms with E-state index < -0.39 is 35.5 Å². The zero-order valence-corrected chi connectivity index (χ0v) is 29.2. The Balaban J connectivity index is 0.000000226. The monoisotopic (exact) mass is 756 g/mol. The van der Waals surface area contributed by atoms with Crippen LogP contribution in [0.15, 0.2) is 58.6 Å². The highest BCUT2D eigenvalue weighted by Gasteiger charge is 2.40. The number of carbonyl (C=O) groups excluding carboxylic acids is 4. The van der Waals surface area contributed by atoms with Crippen molar-refractivity contribution in [1.82, 2.24) is 10.2 Å². The van der Waals surface area contributed by atoms with E-state index in [9.17, 15) is 36.7 Å². The van der Waals surface area contributed by atoms with E-state index in [1.807, 2.05) is 0 Å². The summed E-state index contributed by atoms with van der Waals surface area (Å²) in [4.78, 5) is 51.8. The molecule has 2 aromatic carbocycles. The Labute approximate surface area is 298 Å². The van der Waals surface area contributed by atoms with Gasteiger partial charge in [-0.15, -0.1) is 5.10 Å². The van der Waals surface area contributed by atoms with Crippen LogP contribution in [0.4, 0.5) is 28.9 Å². The van der Waals surface area contributed by atoms with Gasteiger partial charge < -0.3 is 14.4 Å². The van der Waals surface area contributed by atoms with E-state index in [0.29, 0.717) is 45.9 Å². The molecular formula is C33H30Cl2F4N4O6S. The molecule has 17 heteroatoms. The number of benzene rings is 2. The quantitative estimate of drug-likeness (QED) is 0.0942. The van der Waals surface area contributed by atoms with E-state index in [1.54, 1.807) is 39.0 Å². The average molecular weight is 758 g/mol. The van der Waals surface area contributed by atoms with E-state index in [2.05, 4.69) is 10.2 Å². The van der Waals surface area contributed by atoms with E-state index in [0.717, 1.165) is 12.8 Å². The second kappa shape index (κ2) is 16.6. The highest BCUT2D eigenvalue weighted by atomic mass is 35.5. The molecule has 0 N–H and O–H groups in total. The molecule has 0 saturated carbocycles. The maximum absolute atomic E-state index is 13.0. The molecule has 1 aromatic heterocycles. The molecular weight excluding hydrogens is 727 g/mol. The SMILES string of the molecule is CC(C)N(C(=O)COc1nnc(C(F)(F)F)s1)c1ccc(F)cc1.CCOC(=O)/C(Cl)=C/c1cc(N2C(=O)C3=C(CCCC3)C2=O)ccc1Cl. The first-order valence-corrected chi connectivity index (χ1v) is 16.7. The maximum atomic E-state index is 13.0. The number of imide groups is 1. The van der Waals surface area contributed by atoms with Gasteiger partial charge in [0, 0.05) is 27.9 Å². The highest BCUT2D eigenvalue weighted by Crippen LogP contribution is 2.37. The Morgan fingerprint density at radius 3 is 2.20 bits per heavy atom. The van der Waals surface area contributed by atoms with Gasteiger partial charge in [-0.1, -0.05) is 39.6 Å². The summed E-state index contributed by atoms with van der Waals surface area (Å²) in [7, 11) is 0. The first-order chi connectivity index (χ1) is 23.6. The predicted molar refractivity (Wildman–Crippen MR) is 179 cm³/mol. The Bertz CT molecular complexity index is 1800. The molecule has 50 heavy (non-hydrogen) atoms. The van der Waals surface area contributed by atoms with Crippen LogP contribution >= 0.6 is 34.5 Å². The van der Waals surface area contributed by atoms with Gasteiger partial charge in [-0.05, 0) is 101 Å². The van der Waals surface area contributed by atoms with Gasteiger partial charge in [0.15, 0.2) is 6.61 Å². The third-order valence-electron chi connectivity index (χ3n) is 7.24. The van der Waals surface area contributed by atoms with Crippen molar-refractivity contribution in [3.63, 3.8) is 0 Å². The van der Waals surface area contributed by atoms with Gasteiger partial charge >= 0.3 is 12.1 Å². The second-order valence-corrected chi connectivity index (χ2v) is 12.8. The molecule has 0 unspecified atom stereocenters. The third-order valence-corrected chi connectivity index (χ3v) is 8.73. The van der Waals surface area contributed by atoms with Gasteiger partial charge in [0.1, 0.15) is 10.8 Å². The molecule has 3 aromatic rings. The predicted octanol–water partition coefficient (Wildman–Crippen LogP) is 7.74. The minimum absolute atomic E-state index is 0.137. The summed E-state index contributed by atoms with van der Waals surface area (Å²) in [5.74, 6) is -2.17. The number of nitrogens with zero attached hydrogens (tertiary/aromatic N) is 4. The number of aromatic nitrogens is 2. The standard InChI is InChI=1S/C19H17Cl2NO4.C14H13F4N3O2S/c1-2-26-19(25)16(21)10-11-9-12(7-8-15(11)20)22-17(23)13-5-3-4-6-14(13)18(22)24;1-8(2)21(10-5-3-9(15)4-6-10)11(22)7-23-13-20-19-12(24-13)14(16,17)18/h7-10H,2-6H2,1H3;3-6,8H,7H2,1-2H3/b16-10-;. The number of anilines is 2. The van der Waals surface area contributed by atoms with Crippen molar-refractivity contribution in [2.45, 2.75) is 58.7 Å². The van der Waals surface area contributed by atoms with Gasteiger partial charge in [-0.3, -0.25) is 14.4 Å². The minimum Gasteiger partial charge on any atom is -0.462 e. The highest BCUT2D eigenvalue weighted by molar-refractivity contribution is 7.13. The van der Waals surface area contributed by atoms with Crippen molar-refractivity contribution in [3.05, 3.63) is 80.1 Å². The number of carbonyl (C=O) groups is 4. The van der Waals surface area contributed by atoms with Crippen molar-refractivity contribution in [2.75, 3.05) is 23.0 Å².